The first-order valence-electron chi connectivity index (χ1n) is 8.26. The van der Waals surface area contributed by atoms with Gasteiger partial charge in [-0.25, -0.2) is 0 Å². The van der Waals surface area contributed by atoms with E-state index in [9.17, 15) is 0 Å². The molecular weight excluding hydrogens is 551 g/mol. The summed E-state index contributed by atoms with van der Waals surface area (Å²) >= 11 is 24.9. The van der Waals surface area contributed by atoms with E-state index in [0.29, 0.717) is 54.3 Å². The van der Waals surface area contributed by atoms with Crippen molar-refractivity contribution in [1.29, 1.82) is 0 Å². The standard InChI is InChI=1S/C20H14Cl4N3.2ClH.Fe/c1-11(25-19-13(21)5-3-6-14(19)22)17-9-10-18(27-17)12(2)26-20-15(23)7-4-8-16(20)24;;;/h3-10H,1-2H3;2*1H;/q-1;;;+3/p-2. The van der Waals surface area contributed by atoms with Gasteiger partial charge in [-0.05, 0) is 38.1 Å². The normalized spacial score (nSPS) is 11.9. The number of nitrogens with zero attached hydrogens (tertiary/aromatic N) is 3. The number of hydrogen-bond donors (Lipinski definition) is 0. The van der Waals surface area contributed by atoms with Crippen LogP contribution in [-0.2, 0) is 13.1 Å². The van der Waals surface area contributed by atoms with Crippen LogP contribution in [0.3, 0.4) is 0 Å². The van der Waals surface area contributed by atoms with Gasteiger partial charge in [0.05, 0.1) is 20.1 Å². The van der Waals surface area contributed by atoms with Gasteiger partial charge in [0, 0.05) is 11.4 Å². The summed E-state index contributed by atoms with van der Waals surface area (Å²) in [4.78, 5) is 13.6. The van der Waals surface area contributed by atoms with Crippen LogP contribution in [0, 0.1) is 0 Å². The summed E-state index contributed by atoms with van der Waals surface area (Å²) in [6.45, 7) is 3.70. The maximum atomic E-state index is 6.18. The Morgan fingerprint density at radius 3 is 1.27 bits per heavy atom. The number of hydrogen-bond acceptors (Lipinski definition) is 2. The van der Waals surface area contributed by atoms with Crippen molar-refractivity contribution in [2.24, 2.45) is 9.98 Å². The molecule has 0 aliphatic carbocycles. The minimum absolute atomic E-state index is 0.194. The van der Waals surface area contributed by atoms with Gasteiger partial charge in [0.1, 0.15) is 11.4 Å². The molecule has 0 spiro atoms. The fourth-order valence-corrected chi connectivity index (χ4v) is 3.37. The molecule has 1 aromatic heterocycles. The fourth-order valence-electron chi connectivity index (χ4n) is 2.41. The van der Waals surface area contributed by atoms with Gasteiger partial charge in [0.2, 0.25) is 0 Å². The molecule has 0 bridgehead atoms. The van der Waals surface area contributed by atoms with Crippen molar-refractivity contribution in [1.82, 2.24) is 4.98 Å². The molecular formula is C20H14Cl6FeN3. The molecule has 2 aromatic carbocycles. The second-order valence-electron chi connectivity index (χ2n) is 5.80. The van der Waals surface area contributed by atoms with Gasteiger partial charge < -0.3 is 4.98 Å². The zero-order valence-corrected chi connectivity index (χ0v) is 21.2. The molecule has 3 rings (SSSR count). The number of aliphatic imine (C=N–C) groups is 2. The van der Waals surface area contributed by atoms with Gasteiger partial charge >= 0.3 is 33.3 Å². The van der Waals surface area contributed by atoms with E-state index < -0.39 is 0 Å². The van der Waals surface area contributed by atoms with E-state index in [4.69, 9.17) is 66.6 Å². The first-order chi connectivity index (χ1) is 14.3. The summed E-state index contributed by atoms with van der Waals surface area (Å²) in [6, 6.07) is 14.3. The molecule has 0 N–H and O–H groups in total. The molecule has 10 heteroatoms. The Morgan fingerprint density at radius 2 is 0.967 bits per heavy atom. The van der Waals surface area contributed by atoms with Gasteiger partial charge in [-0.2, -0.15) is 0 Å². The summed E-state index contributed by atoms with van der Waals surface area (Å²) in [5.74, 6) is 0. The van der Waals surface area contributed by atoms with Gasteiger partial charge in [-0.15, -0.1) is 11.4 Å². The van der Waals surface area contributed by atoms with E-state index in [1.165, 1.54) is 0 Å². The summed E-state index contributed by atoms with van der Waals surface area (Å²) in [7, 11) is 9.53. The first kappa shape index (κ1) is 25.6. The van der Waals surface area contributed by atoms with E-state index in [-0.39, 0.29) is 13.1 Å². The summed E-state index contributed by atoms with van der Waals surface area (Å²) in [5.41, 5.74) is 3.86. The summed E-state index contributed by atoms with van der Waals surface area (Å²) in [6.07, 6.45) is 0. The van der Waals surface area contributed by atoms with Gasteiger partial charge in [0.15, 0.2) is 0 Å². The monoisotopic (exact) mass is 562 g/mol. The maximum absolute atomic E-state index is 6.18. The third-order valence-corrected chi connectivity index (χ3v) is 5.04. The predicted octanol–water partition coefficient (Wildman–Crippen LogP) is 8.92. The molecule has 30 heavy (non-hydrogen) atoms. The van der Waals surface area contributed by atoms with Crippen molar-refractivity contribution >= 4 is 89.4 Å². The van der Waals surface area contributed by atoms with Crippen LogP contribution < -0.4 is 4.98 Å². The molecule has 159 valence electrons. The van der Waals surface area contributed by atoms with Crippen LogP contribution in [0.25, 0.3) is 0 Å². The van der Waals surface area contributed by atoms with Crippen LogP contribution in [0.5, 0.6) is 0 Å². The topological polar surface area (TPSA) is 38.8 Å². The molecule has 3 nitrogen and oxygen atoms in total. The van der Waals surface area contributed by atoms with Crippen LogP contribution in [0.4, 0.5) is 11.4 Å². The van der Waals surface area contributed by atoms with Crippen LogP contribution >= 0.6 is 66.6 Å². The molecule has 0 fully saturated rings. The Hall–Kier alpha value is -0.681. The van der Waals surface area contributed by atoms with E-state index in [2.05, 4.69) is 15.0 Å². The molecule has 0 atom stereocenters. The minimum atomic E-state index is 0.194. The number of halogens is 6. The van der Waals surface area contributed by atoms with Gasteiger partial charge in [-0.3, -0.25) is 9.98 Å². The van der Waals surface area contributed by atoms with Crippen LogP contribution in [0.1, 0.15) is 25.2 Å². The van der Waals surface area contributed by atoms with Crippen LogP contribution in [0.15, 0.2) is 58.5 Å². The van der Waals surface area contributed by atoms with Crippen molar-refractivity contribution < 1.29 is 13.1 Å². The number of aromatic nitrogens is 1. The van der Waals surface area contributed by atoms with Crippen molar-refractivity contribution in [3.05, 3.63) is 80.0 Å². The molecule has 0 saturated carbocycles. The van der Waals surface area contributed by atoms with Crippen LogP contribution in [-0.4, -0.2) is 11.4 Å². The molecule has 0 radical (unpaired) electrons. The Morgan fingerprint density at radius 1 is 0.667 bits per heavy atom. The third kappa shape index (κ3) is 6.91. The SMILES string of the molecule is CC(=Nc1c(Cl)cccc1Cl)c1ccc(C(C)=Nc2c(Cl)cccc2Cl)[n-]1.[Cl][Fe+][Cl]. The average Bonchev–Trinajstić information content (AvgIpc) is 3.19. The van der Waals surface area contributed by atoms with Gasteiger partial charge in [-0.1, -0.05) is 70.7 Å². The fraction of sp³-hybridized carbons (Fsp3) is 0.100. The van der Waals surface area contributed by atoms with Crippen LogP contribution in [0.2, 0.25) is 20.1 Å². The summed E-state index contributed by atoms with van der Waals surface area (Å²) in [5, 5.41) is 1.94. The summed E-state index contributed by atoms with van der Waals surface area (Å²) < 4.78 is 0. The zero-order chi connectivity index (χ0) is 22.3. The number of benzene rings is 2. The number of rotatable bonds is 4. The quantitative estimate of drug-likeness (QED) is 0.230. The molecule has 1 heterocycles. The first-order valence-corrected chi connectivity index (χ1v) is 12.8. The van der Waals surface area contributed by atoms with E-state index in [1.807, 2.05) is 26.0 Å². The number of para-hydroxylation sites is 2. The van der Waals surface area contributed by atoms with Crippen molar-refractivity contribution in [2.75, 3.05) is 0 Å². The Kier molecular flexibility index (Phi) is 10.6. The average molecular weight is 565 g/mol. The molecule has 0 aliphatic heterocycles. The second kappa shape index (κ2) is 12.4. The molecule has 0 unspecified atom stereocenters. The van der Waals surface area contributed by atoms with E-state index in [0.717, 1.165) is 0 Å². The van der Waals surface area contributed by atoms with Gasteiger partial charge in [0.25, 0.3) is 0 Å². The molecule has 3 aromatic rings. The van der Waals surface area contributed by atoms with Crippen molar-refractivity contribution in [2.45, 2.75) is 13.8 Å². The van der Waals surface area contributed by atoms with E-state index >= 15 is 0 Å². The zero-order valence-electron chi connectivity index (χ0n) is 15.6. The second-order valence-corrected chi connectivity index (χ2v) is 9.25. The Labute approximate surface area is 210 Å². The molecule has 0 amide bonds. The molecule has 0 saturated heterocycles. The van der Waals surface area contributed by atoms with E-state index in [1.54, 1.807) is 36.4 Å². The Balaban J connectivity index is 0.00000101. The predicted molar refractivity (Wildman–Crippen MR) is 128 cm³/mol. The van der Waals surface area contributed by atoms with Crippen molar-refractivity contribution in [3.63, 3.8) is 0 Å². The van der Waals surface area contributed by atoms with Crippen molar-refractivity contribution in [3.8, 4) is 0 Å². The molecule has 0 aliphatic rings. The third-order valence-electron chi connectivity index (χ3n) is 3.82. The Bertz CT molecular complexity index is 956.